The van der Waals surface area contributed by atoms with Gasteiger partial charge in [0.1, 0.15) is 18.0 Å². The molecule has 0 amide bonds. The average Bonchev–Trinajstić information content (AvgIpc) is 2.77. The molecule has 31 heavy (non-hydrogen) atoms. The van der Waals surface area contributed by atoms with Crippen LogP contribution in [0.3, 0.4) is 0 Å². The Labute approximate surface area is 180 Å². The predicted octanol–water partition coefficient (Wildman–Crippen LogP) is 5.28. The Morgan fingerprint density at radius 1 is 0.903 bits per heavy atom. The van der Waals surface area contributed by atoms with Crippen LogP contribution in [0.4, 0.5) is 0 Å². The van der Waals surface area contributed by atoms with E-state index in [1.807, 2.05) is 60.7 Å². The van der Waals surface area contributed by atoms with E-state index in [1.54, 1.807) is 33.1 Å². The summed E-state index contributed by atoms with van der Waals surface area (Å²) in [5.74, 6) is 1.35. The summed E-state index contributed by atoms with van der Waals surface area (Å²) >= 11 is 0. The van der Waals surface area contributed by atoms with Gasteiger partial charge in [0.2, 0.25) is 0 Å². The molecule has 158 valence electrons. The molecule has 0 bridgehead atoms. The zero-order valence-electron chi connectivity index (χ0n) is 17.7. The minimum atomic E-state index is -1.36. The molecule has 0 aliphatic heterocycles. The number of fused-ring (bicyclic) bond motifs is 1. The summed E-state index contributed by atoms with van der Waals surface area (Å²) < 4.78 is 17.1. The van der Waals surface area contributed by atoms with Gasteiger partial charge in [-0.05, 0) is 43.2 Å². The quantitative estimate of drug-likeness (QED) is 0.463. The van der Waals surface area contributed by atoms with Crippen LogP contribution in [0.25, 0.3) is 21.9 Å². The predicted molar refractivity (Wildman–Crippen MR) is 120 cm³/mol. The molecule has 0 atom stereocenters. The van der Waals surface area contributed by atoms with Crippen molar-refractivity contribution in [2.75, 3.05) is 7.11 Å². The van der Waals surface area contributed by atoms with E-state index in [-0.39, 0.29) is 5.76 Å². The van der Waals surface area contributed by atoms with Gasteiger partial charge in [-0.25, -0.2) is 4.79 Å². The van der Waals surface area contributed by atoms with E-state index in [2.05, 4.69) is 0 Å². The van der Waals surface area contributed by atoms with Crippen molar-refractivity contribution in [1.29, 1.82) is 0 Å². The van der Waals surface area contributed by atoms with E-state index in [9.17, 15) is 9.90 Å². The van der Waals surface area contributed by atoms with Gasteiger partial charge >= 0.3 is 5.63 Å². The van der Waals surface area contributed by atoms with Crippen molar-refractivity contribution >= 4 is 10.8 Å². The lowest BCUT2D eigenvalue weighted by Crippen LogP contribution is -2.20. The Kier molecular flexibility index (Phi) is 5.53. The molecule has 0 aliphatic rings. The van der Waals surface area contributed by atoms with E-state index in [0.29, 0.717) is 34.4 Å². The maximum absolute atomic E-state index is 12.5. The number of aliphatic hydroxyl groups is 1. The lowest BCUT2D eigenvalue weighted by Gasteiger charge is -2.21. The lowest BCUT2D eigenvalue weighted by atomic mass is 9.92. The van der Waals surface area contributed by atoms with Gasteiger partial charge in [0, 0.05) is 10.9 Å². The molecular weight excluding hydrogens is 392 g/mol. The van der Waals surface area contributed by atoms with Crippen LogP contribution in [0.5, 0.6) is 11.5 Å². The Morgan fingerprint density at radius 3 is 2.26 bits per heavy atom. The van der Waals surface area contributed by atoms with Gasteiger partial charge in [0.05, 0.1) is 12.5 Å². The number of rotatable bonds is 6. The molecule has 3 aromatic carbocycles. The standard InChI is InChI=1S/C26H24O5/c1-26(2,28)24-23(19-11-7-8-12-20(19)25(27)31-24)18-13-14-21(29-3)22(15-18)30-16-17-9-5-4-6-10-17/h4-15,28H,16H2,1-3H3. The molecule has 4 rings (SSSR count). The molecule has 0 radical (unpaired) electrons. The first-order valence-corrected chi connectivity index (χ1v) is 10.0. The van der Waals surface area contributed by atoms with Crippen LogP contribution in [0, 0.1) is 0 Å². The van der Waals surface area contributed by atoms with E-state index in [0.717, 1.165) is 11.1 Å². The molecule has 0 fully saturated rings. The fourth-order valence-electron chi connectivity index (χ4n) is 3.60. The van der Waals surface area contributed by atoms with Crippen LogP contribution in [-0.2, 0) is 12.2 Å². The van der Waals surface area contributed by atoms with E-state index in [4.69, 9.17) is 13.9 Å². The third-order valence-corrected chi connectivity index (χ3v) is 5.08. The van der Waals surface area contributed by atoms with Gasteiger partial charge in [-0.2, -0.15) is 0 Å². The first kappa shape index (κ1) is 20.7. The topological polar surface area (TPSA) is 68.9 Å². The van der Waals surface area contributed by atoms with Crippen LogP contribution in [-0.4, -0.2) is 12.2 Å². The second-order valence-corrected chi connectivity index (χ2v) is 7.84. The Balaban J connectivity index is 1.88. The monoisotopic (exact) mass is 416 g/mol. The average molecular weight is 416 g/mol. The molecule has 0 saturated carbocycles. The third kappa shape index (κ3) is 4.18. The van der Waals surface area contributed by atoms with Gasteiger partial charge < -0.3 is 19.0 Å². The molecule has 1 N–H and O–H groups in total. The van der Waals surface area contributed by atoms with Crippen LogP contribution in [0.1, 0.15) is 25.2 Å². The van der Waals surface area contributed by atoms with Crippen molar-refractivity contribution in [3.05, 3.63) is 94.5 Å². The number of ether oxygens (including phenoxy) is 2. The zero-order valence-corrected chi connectivity index (χ0v) is 17.7. The van der Waals surface area contributed by atoms with E-state index < -0.39 is 11.2 Å². The summed E-state index contributed by atoms with van der Waals surface area (Å²) in [7, 11) is 1.59. The summed E-state index contributed by atoms with van der Waals surface area (Å²) in [6.07, 6.45) is 0. The number of methoxy groups -OCH3 is 1. The van der Waals surface area contributed by atoms with Crippen molar-refractivity contribution in [1.82, 2.24) is 0 Å². The van der Waals surface area contributed by atoms with Gasteiger partial charge in [-0.3, -0.25) is 0 Å². The molecule has 5 nitrogen and oxygen atoms in total. The maximum Gasteiger partial charge on any atom is 0.343 e. The van der Waals surface area contributed by atoms with Crippen LogP contribution < -0.4 is 15.1 Å². The lowest BCUT2D eigenvalue weighted by molar-refractivity contribution is 0.0521. The highest BCUT2D eigenvalue weighted by Crippen LogP contribution is 2.40. The zero-order chi connectivity index (χ0) is 22.0. The summed E-state index contributed by atoms with van der Waals surface area (Å²) in [5, 5.41) is 11.9. The number of hydrogen-bond donors (Lipinski definition) is 1. The SMILES string of the molecule is COc1ccc(-c2c(C(C)(C)O)oc(=O)c3ccccc23)cc1OCc1ccccc1. The number of hydrogen-bond acceptors (Lipinski definition) is 5. The minimum Gasteiger partial charge on any atom is -0.493 e. The summed E-state index contributed by atoms with van der Waals surface area (Å²) in [4.78, 5) is 12.5. The smallest absolute Gasteiger partial charge is 0.343 e. The summed E-state index contributed by atoms with van der Waals surface area (Å²) in [6.45, 7) is 3.57. The summed E-state index contributed by atoms with van der Waals surface area (Å²) in [5.41, 5.74) is 0.591. The molecular formula is C26H24O5. The number of benzene rings is 3. The van der Waals surface area contributed by atoms with Crippen molar-refractivity contribution in [2.24, 2.45) is 0 Å². The highest BCUT2D eigenvalue weighted by atomic mass is 16.5. The van der Waals surface area contributed by atoms with Crippen molar-refractivity contribution < 1.29 is 19.0 Å². The summed E-state index contributed by atoms with van der Waals surface area (Å²) in [6, 6.07) is 22.6. The highest BCUT2D eigenvalue weighted by molar-refractivity contribution is 5.97. The molecule has 5 heteroatoms. The fourth-order valence-corrected chi connectivity index (χ4v) is 3.60. The normalized spacial score (nSPS) is 11.5. The van der Waals surface area contributed by atoms with E-state index in [1.165, 1.54) is 0 Å². The molecule has 1 aromatic heterocycles. The molecule has 0 unspecified atom stereocenters. The van der Waals surface area contributed by atoms with Crippen LogP contribution in [0.15, 0.2) is 82.0 Å². The second kappa shape index (κ2) is 8.28. The molecule has 0 saturated heterocycles. The largest absolute Gasteiger partial charge is 0.493 e. The molecule has 4 aromatic rings. The van der Waals surface area contributed by atoms with E-state index >= 15 is 0 Å². The van der Waals surface area contributed by atoms with Crippen molar-refractivity contribution in [3.8, 4) is 22.6 Å². The van der Waals surface area contributed by atoms with Gasteiger partial charge in [0.25, 0.3) is 0 Å². The van der Waals surface area contributed by atoms with Gasteiger partial charge in [0.15, 0.2) is 11.5 Å². The first-order valence-electron chi connectivity index (χ1n) is 10.0. The van der Waals surface area contributed by atoms with Gasteiger partial charge in [-0.1, -0.05) is 54.6 Å². The Morgan fingerprint density at radius 2 is 1.58 bits per heavy atom. The van der Waals surface area contributed by atoms with Gasteiger partial charge in [-0.15, -0.1) is 0 Å². The van der Waals surface area contributed by atoms with Crippen LogP contribution >= 0.6 is 0 Å². The Hall–Kier alpha value is -3.57. The van der Waals surface area contributed by atoms with Crippen molar-refractivity contribution in [2.45, 2.75) is 26.1 Å². The van der Waals surface area contributed by atoms with Crippen LogP contribution in [0.2, 0.25) is 0 Å². The fraction of sp³-hybridized carbons (Fsp3) is 0.192. The molecule has 0 spiro atoms. The maximum atomic E-state index is 12.5. The molecule has 0 aliphatic carbocycles. The third-order valence-electron chi connectivity index (χ3n) is 5.08. The highest BCUT2D eigenvalue weighted by Gasteiger charge is 2.27. The minimum absolute atomic E-state index is 0.204. The first-order chi connectivity index (χ1) is 14.9. The Bertz CT molecular complexity index is 1270. The second-order valence-electron chi connectivity index (χ2n) is 7.84. The molecule has 1 heterocycles. The van der Waals surface area contributed by atoms with Crippen molar-refractivity contribution in [3.63, 3.8) is 0 Å².